The number of nitrogens with zero attached hydrogens (tertiary/aromatic N) is 3. The van der Waals surface area contributed by atoms with E-state index in [1.807, 2.05) is 31.5 Å². The van der Waals surface area contributed by atoms with Crippen molar-refractivity contribution in [2.24, 2.45) is 4.99 Å². The zero-order valence-electron chi connectivity index (χ0n) is 19.8. The first-order chi connectivity index (χ1) is 15.4. The van der Waals surface area contributed by atoms with E-state index in [-0.39, 0.29) is 35.6 Å². The quantitative estimate of drug-likeness (QED) is 0.247. The molecule has 7 heteroatoms. The summed E-state index contributed by atoms with van der Waals surface area (Å²) >= 11 is 0. The standard InChI is InChI=1S/C26H33N5O.HI/c1-5-27-25(30-23-16-26(3,4)32-24-12-7-6-11-22(23)24)29-17-20-9-8-10-21(15-20)18-31-14-13-28-19(31)2;/h6-15,23H,5,16-18H2,1-4H3,(H2,27,29,30);1H. The number of aliphatic imine (C=N–C) groups is 1. The normalized spacial score (nSPS) is 16.8. The average Bonchev–Trinajstić information content (AvgIpc) is 3.16. The number of aromatic nitrogens is 2. The van der Waals surface area contributed by atoms with Crippen LogP contribution in [0.5, 0.6) is 5.75 Å². The van der Waals surface area contributed by atoms with Crippen LogP contribution in [-0.2, 0) is 13.1 Å². The maximum Gasteiger partial charge on any atom is 0.192 e. The molecule has 176 valence electrons. The molecule has 0 aliphatic carbocycles. The molecule has 0 saturated heterocycles. The molecule has 0 radical (unpaired) electrons. The molecule has 0 saturated carbocycles. The fourth-order valence-electron chi connectivity index (χ4n) is 4.18. The molecular weight excluding hydrogens is 525 g/mol. The van der Waals surface area contributed by atoms with Gasteiger partial charge in [0.1, 0.15) is 17.2 Å². The summed E-state index contributed by atoms with van der Waals surface area (Å²) in [6, 6.07) is 17.0. The van der Waals surface area contributed by atoms with Gasteiger partial charge in [0, 0.05) is 37.5 Å². The molecule has 2 heterocycles. The van der Waals surface area contributed by atoms with E-state index in [9.17, 15) is 0 Å². The molecule has 0 spiro atoms. The van der Waals surface area contributed by atoms with Gasteiger partial charge in [0.2, 0.25) is 0 Å². The van der Waals surface area contributed by atoms with Crippen molar-refractivity contribution in [3.8, 4) is 5.75 Å². The van der Waals surface area contributed by atoms with Crippen LogP contribution in [0.15, 0.2) is 65.9 Å². The Labute approximate surface area is 213 Å². The fraction of sp³-hybridized carbons (Fsp3) is 0.385. The Morgan fingerprint density at radius 1 is 1.18 bits per heavy atom. The van der Waals surface area contributed by atoms with E-state index in [2.05, 4.69) is 77.4 Å². The number of aryl methyl sites for hydroxylation is 1. The molecule has 0 amide bonds. The lowest BCUT2D eigenvalue weighted by Gasteiger charge is -2.38. The van der Waals surface area contributed by atoms with Crippen LogP contribution in [-0.4, -0.2) is 27.7 Å². The van der Waals surface area contributed by atoms with Crippen LogP contribution in [0.1, 0.15) is 55.7 Å². The summed E-state index contributed by atoms with van der Waals surface area (Å²) in [6.45, 7) is 10.6. The van der Waals surface area contributed by atoms with Crippen LogP contribution >= 0.6 is 24.0 Å². The van der Waals surface area contributed by atoms with Crippen molar-refractivity contribution in [2.75, 3.05) is 6.54 Å². The number of fused-ring (bicyclic) bond motifs is 1. The second kappa shape index (κ2) is 11.0. The van der Waals surface area contributed by atoms with E-state index in [1.165, 1.54) is 16.7 Å². The third kappa shape index (κ3) is 6.50. The fourth-order valence-corrected chi connectivity index (χ4v) is 4.18. The van der Waals surface area contributed by atoms with Crippen LogP contribution in [0.25, 0.3) is 0 Å². The summed E-state index contributed by atoms with van der Waals surface area (Å²) in [5.74, 6) is 2.78. The Balaban J connectivity index is 0.00000306. The minimum atomic E-state index is -0.233. The van der Waals surface area contributed by atoms with Gasteiger partial charge in [-0.1, -0.05) is 42.5 Å². The Hall–Kier alpha value is -2.55. The monoisotopic (exact) mass is 559 g/mol. The van der Waals surface area contributed by atoms with Gasteiger partial charge >= 0.3 is 0 Å². The molecular formula is C26H34IN5O. The average molecular weight is 559 g/mol. The molecule has 6 nitrogen and oxygen atoms in total. The van der Waals surface area contributed by atoms with Crippen molar-refractivity contribution in [3.63, 3.8) is 0 Å². The Morgan fingerprint density at radius 2 is 1.97 bits per heavy atom. The highest BCUT2D eigenvalue weighted by Gasteiger charge is 2.33. The van der Waals surface area contributed by atoms with Crippen molar-refractivity contribution in [3.05, 3.63) is 83.4 Å². The summed E-state index contributed by atoms with van der Waals surface area (Å²) in [5, 5.41) is 7.05. The van der Waals surface area contributed by atoms with Crippen molar-refractivity contribution in [1.29, 1.82) is 0 Å². The zero-order valence-corrected chi connectivity index (χ0v) is 22.2. The molecule has 33 heavy (non-hydrogen) atoms. The van der Waals surface area contributed by atoms with Crippen LogP contribution in [0, 0.1) is 6.92 Å². The Morgan fingerprint density at radius 3 is 2.73 bits per heavy atom. The van der Waals surface area contributed by atoms with Gasteiger partial charge in [0.25, 0.3) is 0 Å². The maximum absolute atomic E-state index is 6.18. The van der Waals surface area contributed by atoms with E-state index in [0.29, 0.717) is 6.54 Å². The number of rotatable bonds is 6. The van der Waals surface area contributed by atoms with Crippen molar-refractivity contribution in [1.82, 2.24) is 20.2 Å². The lowest BCUT2D eigenvalue weighted by Crippen LogP contribution is -2.45. The van der Waals surface area contributed by atoms with E-state index in [1.54, 1.807) is 0 Å². The summed E-state index contributed by atoms with van der Waals surface area (Å²) < 4.78 is 8.33. The highest BCUT2D eigenvalue weighted by atomic mass is 127. The van der Waals surface area contributed by atoms with Gasteiger partial charge in [-0.15, -0.1) is 24.0 Å². The number of benzene rings is 2. The van der Waals surface area contributed by atoms with Gasteiger partial charge in [0.05, 0.1) is 12.6 Å². The molecule has 3 aromatic rings. The van der Waals surface area contributed by atoms with Crippen molar-refractivity contribution >= 4 is 29.9 Å². The molecule has 4 rings (SSSR count). The summed E-state index contributed by atoms with van der Waals surface area (Å²) in [4.78, 5) is 9.20. The minimum absolute atomic E-state index is 0. The number of para-hydroxylation sites is 1. The Bertz CT molecular complexity index is 1090. The van der Waals surface area contributed by atoms with Crippen molar-refractivity contribution in [2.45, 2.75) is 58.8 Å². The molecule has 1 unspecified atom stereocenters. The largest absolute Gasteiger partial charge is 0.487 e. The zero-order chi connectivity index (χ0) is 22.6. The van der Waals surface area contributed by atoms with Gasteiger partial charge in [-0.05, 0) is 44.9 Å². The predicted molar refractivity (Wildman–Crippen MR) is 144 cm³/mol. The third-order valence-corrected chi connectivity index (χ3v) is 5.72. The number of guanidine groups is 1. The predicted octanol–water partition coefficient (Wildman–Crippen LogP) is 5.22. The second-order valence-electron chi connectivity index (χ2n) is 8.92. The van der Waals surface area contributed by atoms with E-state index in [4.69, 9.17) is 9.73 Å². The van der Waals surface area contributed by atoms with Gasteiger partial charge in [-0.2, -0.15) is 0 Å². The molecule has 1 aliphatic rings. The molecule has 2 aromatic carbocycles. The first-order valence-corrected chi connectivity index (χ1v) is 11.3. The van der Waals surface area contributed by atoms with Gasteiger partial charge in [-0.25, -0.2) is 9.98 Å². The van der Waals surface area contributed by atoms with Crippen LogP contribution < -0.4 is 15.4 Å². The molecule has 1 aliphatic heterocycles. The highest BCUT2D eigenvalue weighted by molar-refractivity contribution is 14.0. The molecule has 1 aromatic heterocycles. The lowest BCUT2D eigenvalue weighted by atomic mass is 9.90. The van der Waals surface area contributed by atoms with Crippen LogP contribution in [0.4, 0.5) is 0 Å². The topological polar surface area (TPSA) is 63.5 Å². The lowest BCUT2D eigenvalue weighted by molar-refractivity contribution is 0.0694. The summed E-state index contributed by atoms with van der Waals surface area (Å²) in [7, 11) is 0. The third-order valence-electron chi connectivity index (χ3n) is 5.72. The van der Waals surface area contributed by atoms with Gasteiger partial charge < -0.3 is 19.9 Å². The second-order valence-corrected chi connectivity index (χ2v) is 8.92. The molecule has 0 fully saturated rings. The van der Waals surface area contributed by atoms with Gasteiger partial charge in [-0.3, -0.25) is 0 Å². The highest BCUT2D eigenvalue weighted by Crippen LogP contribution is 2.39. The van der Waals surface area contributed by atoms with Crippen LogP contribution in [0.3, 0.4) is 0 Å². The number of hydrogen-bond donors (Lipinski definition) is 2. The first-order valence-electron chi connectivity index (χ1n) is 11.3. The summed E-state index contributed by atoms with van der Waals surface area (Å²) in [6.07, 6.45) is 4.72. The summed E-state index contributed by atoms with van der Waals surface area (Å²) in [5.41, 5.74) is 3.38. The van der Waals surface area contributed by atoms with E-state index >= 15 is 0 Å². The first kappa shape index (κ1) is 25.1. The minimum Gasteiger partial charge on any atom is -0.487 e. The number of hydrogen-bond acceptors (Lipinski definition) is 3. The Kier molecular flexibility index (Phi) is 8.40. The van der Waals surface area contributed by atoms with E-state index < -0.39 is 0 Å². The number of ether oxygens (including phenoxy) is 1. The molecule has 1 atom stereocenters. The smallest absolute Gasteiger partial charge is 0.192 e. The number of imidazole rings is 1. The van der Waals surface area contributed by atoms with Gasteiger partial charge in [0.15, 0.2) is 5.96 Å². The maximum atomic E-state index is 6.18. The SMILES string of the molecule is CCNC(=NCc1cccc(Cn2ccnc2C)c1)NC1CC(C)(C)Oc2ccccc21.I. The molecule has 2 N–H and O–H groups in total. The van der Waals surface area contributed by atoms with Crippen LogP contribution in [0.2, 0.25) is 0 Å². The molecule has 0 bridgehead atoms. The number of halogens is 1. The van der Waals surface area contributed by atoms with Crippen molar-refractivity contribution < 1.29 is 4.74 Å². The van der Waals surface area contributed by atoms with E-state index in [0.717, 1.165) is 37.0 Å². The number of nitrogens with one attached hydrogen (secondary N) is 2.